The summed E-state index contributed by atoms with van der Waals surface area (Å²) in [4.78, 5) is 24.6. The van der Waals surface area contributed by atoms with E-state index in [9.17, 15) is 9.59 Å². The number of carbonyl (C=O) groups excluding carboxylic acids is 1. The van der Waals surface area contributed by atoms with Crippen LogP contribution >= 0.6 is 0 Å². The van der Waals surface area contributed by atoms with E-state index >= 15 is 0 Å². The van der Waals surface area contributed by atoms with Crippen LogP contribution in [0.3, 0.4) is 0 Å². The van der Waals surface area contributed by atoms with Crippen LogP contribution in [-0.2, 0) is 9.59 Å². The van der Waals surface area contributed by atoms with Crippen LogP contribution in [-0.4, -0.2) is 47.7 Å². The summed E-state index contributed by atoms with van der Waals surface area (Å²) in [6.45, 7) is 5.03. The molecule has 0 aliphatic carbocycles. The van der Waals surface area contributed by atoms with Gasteiger partial charge >= 0.3 is 5.97 Å². The summed E-state index contributed by atoms with van der Waals surface area (Å²) < 4.78 is 11.1. The molecule has 0 radical (unpaired) electrons. The number of aliphatic carboxylic acids is 1. The van der Waals surface area contributed by atoms with Gasteiger partial charge in [0.2, 0.25) is 0 Å². The molecule has 1 fully saturated rings. The van der Waals surface area contributed by atoms with Gasteiger partial charge in [0, 0.05) is 12.6 Å². The molecule has 0 saturated carbocycles. The second kappa shape index (κ2) is 7.85. The second-order valence-corrected chi connectivity index (χ2v) is 6.05. The highest BCUT2D eigenvalue weighted by molar-refractivity contribution is 5.85. The first-order chi connectivity index (χ1) is 11.0. The quantitative estimate of drug-likeness (QED) is 0.833. The molecule has 1 aromatic rings. The topological polar surface area (TPSA) is 76.1 Å². The maximum atomic E-state index is 12.1. The van der Waals surface area contributed by atoms with E-state index in [0.717, 1.165) is 0 Å². The summed E-state index contributed by atoms with van der Waals surface area (Å²) in [5.41, 5.74) is 0. The SMILES string of the molecule is CC(C)COc1cccc(OCC(=O)N2CCC[C@H]2C(=O)O)c1. The first-order valence-corrected chi connectivity index (χ1v) is 7.85. The van der Waals surface area contributed by atoms with Gasteiger partial charge < -0.3 is 19.5 Å². The van der Waals surface area contributed by atoms with E-state index in [-0.39, 0.29) is 12.5 Å². The number of carboxylic acid groups (broad SMARTS) is 1. The van der Waals surface area contributed by atoms with Crippen LogP contribution in [0.2, 0.25) is 0 Å². The minimum atomic E-state index is -0.958. The molecule has 1 amide bonds. The number of rotatable bonds is 7. The molecule has 1 aromatic carbocycles. The fourth-order valence-electron chi connectivity index (χ4n) is 2.47. The monoisotopic (exact) mass is 321 g/mol. The number of likely N-dealkylation sites (tertiary alicyclic amines) is 1. The maximum absolute atomic E-state index is 12.1. The van der Waals surface area contributed by atoms with Gasteiger partial charge in [-0.2, -0.15) is 0 Å². The molecule has 0 aromatic heterocycles. The molecule has 1 heterocycles. The Hall–Kier alpha value is -2.24. The smallest absolute Gasteiger partial charge is 0.326 e. The summed E-state index contributed by atoms with van der Waals surface area (Å²) in [7, 11) is 0. The van der Waals surface area contributed by atoms with Crippen molar-refractivity contribution in [1.29, 1.82) is 0 Å². The van der Waals surface area contributed by atoms with Gasteiger partial charge in [-0.3, -0.25) is 4.79 Å². The Bertz CT molecular complexity index is 558. The molecular formula is C17H23NO5. The van der Waals surface area contributed by atoms with E-state index in [2.05, 4.69) is 13.8 Å². The number of ether oxygens (including phenoxy) is 2. The molecule has 126 valence electrons. The van der Waals surface area contributed by atoms with Crippen molar-refractivity contribution in [2.75, 3.05) is 19.8 Å². The van der Waals surface area contributed by atoms with Gasteiger partial charge in [0.1, 0.15) is 17.5 Å². The van der Waals surface area contributed by atoms with Crippen LogP contribution in [0.25, 0.3) is 0 Å². The standard InChI is InChI=1S/C17H23NO5/c1-12(2)10-22-13-5-3-6-14(9-13)23-11-16(19)18-8-4-7-15(18)17(20)21/h3,5-6,9,12,15H,4,7-8,10-11H2,1-2H3,(H,20,21)/t15-/m0/s1. The lowest BCUT2D eigenvalue weighted by atomic mass is 10.2. The molecule has 1 aliphatic rings. The molecule has 1 aliphatic heterocycles. The summed E-state index contributed by atoms with van der Waals surface area (Å²) in [6, 6.07) is 6.37. The zero-order chi connectivity index (χ0) is 16.8. The van der Waals surface area contributed by atoms with Gasteiger partial charge in [-0.15, -0.1) is 0 Å². The van der Waals surface area contributed by atoms with E-state index in [4.69, 9.17) is 14.6 Å². The van der Waals surface area contributed by atoms with Crippen molar-refractivity contribution >= 4 is 11.9 Å². The lowest BCUT2D eigenvalue weighted by molar-refractivity contribution is -0.148. The summed E-state index contributed by atoms with van der Waals surface area (Å²) in [5.74, 6) is 0.381. The number of amides is 1. The third kappa shape index (κ3) is 4.87. The van der Waals surface area contributed by atoms with Crippen molar-refractivity contribution in [1.82, 2.24) is 4.90 Å². The number of carbonyl (C=O) groups is 2. The van der Waals surface area contributed by atoms with E-state index < -0.39 is 12.0 Å². The van der Waals surface area contributed by atoms with E-state index in [1.165, 1.54) is 4.90 Å². The van der Waals surface area contributed by atoms with Crippen LogP contribution in [0, 0.1) is 5.92 Å². The molecule has 6 nitrogen and oxygen atoms in total. The molecule has 1 atom stereocenters. The molecule has 0 bridgehead atoms. The largest absolute Gasteiger partial charge is 0.493 e. The van der Waals surface area contributed by atoms with Crippen molar-refractivity contribution < 1.29 is 24.2 Å². The van der Waals surface area contributed by atoms with E-state index in [1.54, 1.807) is 18.2 Å². The first kappa shape index (κ1) is 17.1. The Morgan fingerprint density at radius 1 is 1.30 bits per heavy atom. The summed E-state index contributed by atoms with van der Waals surface area (Å²) in [6.07, 6.45) is 1.21. The van der Waals surface area contributed by atoms with E-state index in [0.29, 0.717) is 43.4 Å². The molecule has 0 spiro atoms. The van der Waals surface area contributed by atoms with Crippen molar-refractivity contribution in [2.45, 2.75) is 32.7 Å². The van der Waals surface area contributed by atoms with E-state index in [1.807, 2.05) is 6.07 Å². The molecule has 2 rings (SSSR count). The molecular weight excluding hydrogens is 298 g/mol. The number of benzene rings is 1. The highest BCUT2D eigenvalue weighted by atomic mass is 16.5. The van der Waals surface area contributed by atoms with Gasteiger partial charge in [0.05, 0.1) is 6.61 Å². The Morgan fingerprint density at radius 3 is 2.65 bits per heavy atom. The van der Waals surface area contributed by atoms with Crippen LogP contribution in [0.5, 0.6) is 11.5 Å². The molecule has 0 unspecified atom stereocenters. The van der Waals surface area contributed by atoms with Crippen molar-refractivity contribution in [3.63, 3.8) is 0 Å². The fraction of sp³-hybridized carbons (Fsp3) is 0.529. The lowest BCUT2D eigenvalue weighted by Gasteiger charge is -2.21. The summed E-state index contributed by atoms with van der Waals surface area (Å²) >= 11 is 0. The highest BCUT2D eigenvalue weighted by Crippen LogP contribution is 2.21. The molecule has 1 N–H and O–H groups in total. The number of hydrogen-bond donors (Lipinski definition) is 1. The van der Waals surface area contributed by atoms with Crippen LogP contribution < -0.4 is 9.47 Å². The number of nitrogens with zero attached hydrogens (tertiary/aromatic N) is 1. The minimum Gasteiger partial charge on any atom is -0.493 e. The predicted octanol–water partition coefficient (Wildman–Crippen LogP) is 2.18. The highest BCUT2D eigenvalue weighted by Gasteiger charge is 2.33. The van der Waals surface area contributed by atoms with Crippen LogP contribution in [0.4, 0.5) is 0 Å². The third-order valence-electron chi connectivity index (χ3n) is 3.61. The average Bonchev–Trinajstić information content (AvgIpc) is 3.01. The van der Waals surface area contributed by atoms with Crippen LogP contribution in [0.15, 0.2) is 24.3 Å². The molecule has 23 heavy (non-hydrogen) atoms. The van der Waals surface area contributed by atoms with Crippen molar-refractivity contribution in [2.24, 2.45) is 5.92 Å². The van der Waals surface area contributed by atoms with Crippen molar-refractivity contribution in [3.05, 3.63) is 24.3 Å². The number of hydrogen-bond acceptors (Lipinski definition) is 4. The first-order valence-electron chi connectivity index (χ1n) is 7.85. The van der Waals surface area contributed by atoms with Gasteiger partial charge in [0.25, 0.3) is 5.91 Å². The van der Waals surface area contributed by atoms with Crippen LogP contribution in [0.1, 0.15) is 26.7 Å². The van der Waals surface area contributed by atoms with Gasteiger partial charge in [0.15, 0.2) is 6.61 Å². The van der Waals surface area contributed by atoms with Gasteiger partial charge in [-0.25, -0.2) is 4.79 Å². The Balaban J connectivity index is 1.89. The Morgan fingerprint density at radius 2 is 2.00 bits per heavy atom. The number of carboxylic acids is 1. The predicted molar refractivity (Wildman–Crippen MR) is 84.6 cm³/mol. The molecule has 1 saturated heterocycles. The lowest BCUT2D eigenvalue weighted by Crippen LogP contribution is -2.42. The van der Waals surface area contributed by atoms with Gasteiger partial charge in [-0.1, -0.05) is 19.9 Å². The zero-order valence-corrected chi connectivity index (χ0v) is 13.5. The maximum Gasteiger partial charge on any atom is 0.326 e. The fourth-order valence-corrected chi connectivity index (χ4v) is 2.47. The molecule has 6 heteroatoms. The minimum absolute atomic E-state index is 0.169. The zero-order valence-electron chi connectivity index (χ0n) is 13.5. The Labute approximate surface area is 136 Å². The van der Waals surface area contributed by atoms with Crippen molar-refractivity contribution in [3.8, 4) is 11.5 Å². The summed E-state index contributed by atoms with van der Waals surface area (Å²) in [5, 5.41) is 9.11. The third-order valence-corrected chi connectivity index (χ3v) is 3.61. The second-order valence-electron chi connectivity index (χ2n) is 6.05. The Kier molecular flexibility index (Phi) is 5.84. The normalized spacial score (nSPS) is 17.3. The average molecular weight is 321 g/mol. The van der Waals surface area contributed by atoms with Gasteiger partial charge in [-0.05, 0) is 30.9 Å².